The summed E-state index contributed by atoms with van der Waals surface area (Å²) < 4.78 is 5.27. The molecule has 1 fully saturated rings. The summed E-state index contributed by atoms with van der Waals surface area (Å²) in [6, 6.07) is 4.67. The SMILES string of the molecule is O=C(CC(NCCCN1CCOCC1)C(=O)O)Nc1ccccc1[N+](=O)[O-]. The molecule has 0 aromatic heterocycles. The number of nitro benzene ring substituents is 1. The summed E-state index contributed by atoms with van der Waals surface area (Å²) in [5.41, 5.74) is -0.194. The molecular weight excluding hydrogens is 356 g/mol. The number of carbonyl (C=O) groups is 2. The van der Waals surface area contributed by atoms with E-state index in [-0.39, 0.29) is 17.8 Å². The molecule has 1 unspecified atom stereocenters. The zero-order valence-electron chi connectivity index (χ0n) is 14.9. The molecule has 27 heavy (non-hydrogen) atoms. The van der Waals surface area contributed by atoms with Gasteiger partial charge in [0, 0.05) is 19.2 Å². The number of carboxylic acid groups (broad SMARTS) is 1. The number of nitrogens with one attached hydrogen (secondary N) is 2. The highest BCUT2D eigenvalue weighted by atomic mass is 16.6. The fourth-order valence-electron chi connectivity index (χ4n) is 2.78. The highest BCUT2D eigenvalue weighted by Crippen LogP contribution is 2.23. The van der Waals surface area contributed by atoms with Gasteiger partial charge in [-0.1, -0.05) is 12.1 Å². The normalized spacial score (nSPS) is 15.9. The molecule has 1 aromatic carbocycles. The number of nitrogens with zero attached hydrogens (tertiary/aromatic N) is 2. The smallest absolute Gasteiger partial charge is 0.321 e. The first kappa shape index (κ1) is 20.7. The molecule has 148 valence electrons. The molecule has 0 spiro atoms. The lowest BCUT2D eigenvalue weighted by atomic mass is 10.2. The third-order valence-electron chi connectivity index (χ3n) is 4.21. The van der Waals surface area contributed by atoms with Gasteiger partial charge in [0.25, 0.3) is 5.69 Å². The van der Waals surface area contributed by atoms with Crippen molar-refractivity contribution in [3.8, 4) is 0 Å². The van der Waals surface area contributed by atoms with Crippen LogP contribution in [-0.2, 0) is 14.3 Å². The van der Waals surface area contributed by atoms with Gasteiger partial charge in [-0.15, -0.1) is 0 Å². The molecule has 10 nitrogen and oxygen atoms in total. The summed E-state index contributed by atoms with van der Waals surface area (Å²) in [7, 11) is 0. The van der Waals surface area contributed by atoms with Gasteiger partial charge < -0.3 is 20.5 Å². The van der Waals surface area contributed by atoms with E-state index in [0.717, 1.165) is 26.1 Å². The third kappa shape index (κ3) is 6.93. The minimum Gasteiger partial charge on any atom is -0.480 e. The number of morpholine rings is 1. The molecule has 0 bridgehead atoms. The Balaban J connectivity index is 1.80. The second-order valence-corrected chi connectivity index (χ2v) is 6.18. The molecular formula is C17H24N4O6. The van der Waals surface area contributed by atoms with Gasteiger partial charge in [0.15, 0.2) is 0 Å². The zero-order valence-corrected chi connectivity index (χ0v) is 14.9. The van der Waals surface area contributed by atoms with Crippen LogP contribution in [0.4, 0.5) is 11.4 Å². The lowest BCUT2D eigenvalue weighted by molar-refractivity contribution is -0.383. The molecule has 1 amide bonds. The van der Waals surface area contributed by atoms with E-state index in [0.29, 0.717) is 19.8 Å². The maximum absolute atomic E-state index is 12.1. The maximum atomic E-state index is 12.1. The lowest BCUT2D eigenvalue weighted by Crippen LogP contribution is -2.42. The number of anilines is 1. The Labute approximate surface area is 156 Å². The summed E-state index contributed by atoms with van der Waals surface area (Å²) in [4.78, 5) is 36.1. The molecule has 0 aliphatic carbocycles. The Morgan fingerprint density at radius 2 is 2.00 bits per heavy atom. The monoisotopic (exact) mass is 380 g/mol. The predicted octanol–water partition coefficient (Wildman–Crippen LogP) is 0.689. The number of rotatable bonds is 10. The van der Waals surface area contributed by atoms with E-state index < -0.39 is 22.8 Å². The first-order valence-electron chi connectivity index (χ1n) is 8.77. The molecule has 0 saturated carbocycles. The van der Waals surface area contributed by atoms with Gasteiger partial charge >= 0.3 is 5.97 Å². The number of aliphatic carboxylic acids is 1. The second-order valence-electron chi connectivity index (χ2n) is 6.18. The van der Waals surface area contributed by atoms with Crippen LogP contribution in [0.2, 0.25) is 0 Å². The summed E-state index contributed by atoms with van der Waals surface area (Å²) >= 11 is 0. The van der Waals surface area contributed by atoms with Crippen molar-refractivity contribution < 1.29 is 24.4 Å². The molecule has 1 aliphatic rings. The Hall–Kier alpha value is -2.56. The number of amides is 1. The van der Waals surface area contributed by atoms with Gasteiger partial charge in [-0.05, 0) is 25.6 Å². The van der Waals surface area contributed by atoms with E-state index in [9.17, 15) is 24.8 Å². The maximum Gasteiger partial charge on any atom is 0.321 e. The average molecular weight is 380 g/mol. The van der Waals surface area contributed by atoms with Crippen LogP contribution in [0.1, 0.15) is 12.8 Å². The largest absolute Gasteiger partial charge is 0.480 e. The van der Waals surface area contributed by atoms with Gasteiger partial charge in [0.1, 0.15) is 11.7 Å². The quantitative estimate of drug-likeness (QED) is 0.307. The van der Waals surface area contributed by atoms with E-state index in [1.807, 2.05) is 0 Å². The number of ether oxygens (including phenoxy) is 1. The van der Waals surface area contributed by atoms with Crippen molar-refractivity contribution in [1.82, 2.24) is 10.2 Å². The van der Waals surface area contributed by atoms with Gasteiger partial charge in [-0.2, -0.15) is 0 Å². The zero-order chi connectivity index (χ0) is 19.6. The van der Waals surface area contributed by atoms with Crippen molar-refractivity contribution in [2.75, 3.05) is 44.7 Å². The molecule has 1 saturated heterocycles. The molecule has 1 heterocycles. The van der Waals surface area contributed by atoms with Crippen LogP contribution in [0.15, 0.2) is 24.3 Å². The van der Waals surface area contributed by atoms with E-state index in [1.54, 1.807) is 6.07 Å². The van der Waals surface area contributed by atoms with Crippen molar-refractivity contribution in [2.24, 2.45) is 0 Å². The Kier molecular flexibility index (Phi) is 8.11. The van der Waals surface area contributed by atoms with E-state index in [1.165, 1.54) is 18.2 Å². The Morgan fingerprint density at radius 1 is 1.30 bits per heavy atom. The van der Waals surface area contributed by atoms with Gasteiger partial charge in [0.2, 0.25) is 5.91 Å². The topological polar surface area (TPSA) is 134 Å². The fraction of sp³-hybridized carbons (Fsp3) is 0.529. The minimum absolute atomic E-state index is 0.0453. The van der Waals surface area contributed by atoms with Crippen LogP contribution in [0.25, 0.3) is 0 Å². The van der Waals surface area contributed by atoms with Crippen molar-refractivity contribution in [2.45, 2.75) is 18.9 Å². The lowest BCUT2D eigenvalue weighted by Gasteiger charge is -2.26. The van der Waals surface area contributed by atoms with Crippen molar-refractivity contribution >= 4 is 23.3 Å². The van der Waals surface area contributed by atoms with Crippen molar-refractivity contribution in [3.05, 3.63) is 34.4 Å². The van der Waals surface area contributed by atoms with Crippen molar-refractivity contribution in [3.63, 3.8) is 0 Å². The second kappa shape index (κ2) is 10.6. The number of nitro groups is 1. The molecule has 3 N–H and O–H groups in total. The Morgan fingerprint density at radius 3 is 2.67 bits per heavy atom. The highest BCUT2D eigenvalue weighted by Gasteiger charge is 2.22. The van der Waals surface area contributed by atoms with E-state index in [2.05, 4.69) is 15.5 Å². The Bertz CT molecular complexity index is 663. The van der Waals surface area contributed by atoms with Crippen LogP contribution in [-0.4, -0.2) is 72.2 Å². The number of hydrogen-bond donors (Lipinski definition) is 3. The van der Waals surface area contributed by atoms with Gasteiger partial charge in [-0.25, -0.2) is 0 Å². The van der Waals surface area contributed by atoms with Gasteiger partial charge in [0.05, 0.1) is 24.6 Å². The standard InChI is InChI=1S/C17H24N4O6/c22-16(19-13-4-1-2-5-15(13)21(25)26)12-14(17(23)24)18-6-3-7-20-8-10-27-11-9-20/h1-2,4-5,14,18H,3,6-12H2,(H,19,22)(H,23,24). The molecule has 10 heteroatoms. The number of benzene rings is 1. The number of carboxylic acids is 1. The average Bonchev–Trinajstić information content (AvgIpc) is 2.65. The van der Waals surface area contributed by atoms with Crippen LogP contribution in [0.5, 0.6) is 0 Å². The third-order valence-corrected chi connectivity index (χ3v) is 4.21. The predicted molar refractivity (Wildman–Crippen MR) is 97.6 cm³/mol. The summed E-state index contributed by atoms with van der Waals surface area (Å²) in [5, 5.41) is 25.5. The summed E-state index contributed by atoms with van der Waals surface area (Å²) in [6.45, 7) is 4.41. The number of carbonyl (C=O) groups excluding carboxylic acids is 1. The molecule has 1 atom stereocenters. The summed E-state index contributed by atoms with van der Waals surface area (Å²) in [6.07, 6.45) is 0.425. The first-order chi connectivity index (χ1) is 13.0. The van der Waals surface area contributed by atoms with Crippen LogP contribution >= 0.6 is 0 Å². The highest BCUT2D eigenvalue weighted by molar-refractivity contribution is 5.95. The van der Waals surface area contributed by atoms with Gasteiger partial charge in [-0.3, -0.25) is 24.6 Å². The van der Waals surface area contributed by atoms with Crippen LogP contribution < -0.4 is 10.6 Å². The number of hydrogen-bond acceptors (Lipinski definition) is 7. The van der Waals surface area contributed by atoms with Crippen LogP contribution in [0, 0.1) is 10.1 Å². The summed E-state index contributed by atoms with van der Waals surface area (Å²) in [5.74, 6) is -1.74. The first-order valence-corrected chi connectivity index (χ1v) is 8.77. The minimum atomic E-state index is -1.14. The molecule has 1 aliphatic heterocycles. The number of para-hydroxylation sites is 2. The van der Waals surface area contributed by atoms with E-state index >= 15 is 0 Å². The molecule has 0 radical (unpaired) electrons. The molecule has 1 aromatic rings. The molecule has 2 rings (SSSR count). The fourth-order valence-corrected chi connectivity index (χ4v) is 2.78. The van der Waals surface area contributed by atoms with Crippen molar-refractivity contribution in [1.29, 1.82) is 0 Å². The van der Waals surface area contributed by atoms with Crippen LogP contribution in [0.3, 0.4) is 0 Å². The van der Waals surface area contributed by atoms with E-state index in [4.69, 9.17) is 4.74 Å².